The lowest BCUT2D eigenvalue weighted by molar-refractivity contribution is 0.0951. The van der Waals surface area contributed by atoms with Gasteiger partial charge in [0.2, 0.25) is 11.8 Å². The molecule has 6 rings (SSSR count). The minimum Gasteiger partial charge on any atom is -0.411 e. The monoisotopic (exact) mass is 435 g/mol. The van der Waals surface area contributed by atoms with E-state index in [-0.39, 0.29) is 11.7 Å². The van der Waals surface area contributed by atoms with Crippen LogP contribution >= 0.6 is 11.8 Å². The molecule has 0 saturated heterocycles. The fraction of sp³-hybridized carbons (Fsp3) is 0.0385. The zero-order chi connectivity index (χ0) is 21.5. The van der Waals surface area contributed by atoms with Crippen molar-refractivity contribution >= 4 is 50.2 Å². The molecule has 154 valence electrons. The summed E-state index contributed by atoms with van der Waals surface area (Å²) < 4.78 is 7.62. The number of aromatic nitrogens is 3. The summed E-state index contributed by atoms with van der Waals surface area (Å²) in [6, 6.07) is 30.1. The number of rotatable bonds is 4. The Kier molecular flexibility index (Phi) is 4.51. The van der Waals surface area contributed by atoms with Gasteiger partial charge in [-0.25, -0.2) is 0 Å². The Bertz CT molecular complexity index is 1560. The molecule has 6 aromatic rings. The molecule has 5 nitrogen and oxygen atoms in total. The van der Waals surface area contributed by atoms with E-state index in [1.165, 1.54) is 11.8 Å². The van der Waals surface area contributed by atoms with E-state index in [1.807, 2.05) is 78.9 Å². The summed E-state index contributed by atoms with van der Waals surface area (Å²) in [6.07, 6.45) is 0. The topological polar surface area (TPSA) is 60.9 Å². The van der Waals surface area contributed by atoms with Crippen molar-refractivity contribution in [3.05, 3.63) is 91.0 Å². The molecule has 0 amide bonds. The van der Waals surface area contributed by atoms with Crippen molar-refractivity contribution < 1.29 is 9.21 Å². The number of para-hydroxylation sites is 2. The molecule has 0 aliphatic heterocycles. The molecule has 0 fully saturated rings. The number of fused-ring (bicyclic) bond motifs is 4. The van der Waals surface area contributed by atoms with Crippen LogP contribution < -0.4 is 0 Å². The van der Waals surface area contributed by atoms with Crippen LogP contribution in [0.2, 0.25) is 0 Å². The predicted octanol–water partition coefficient (Wildman–Crippen LogP) is 6.43. The van der Waals surface area contributed by atoms with E-state index in [1.54, 1.807) is 4.57 Å². The summed E-state index contributed by atoms with van der Waals surface area (Å²) in [7, 11) is 0. The Labute approximate surface area is 187 Å². The Balaban J connectivity index is 1.27. The molecule has 0 unspecified atom stereocenters. The molecule has 0 spiro atoms. The average Bonchev–Trinajstić information content (AvgIpc) is 3.45. The SMILES string of the molecule is O=C(CSc1nnc(-c2ccc3ccccc3c2)o1)n1c2ccccc2c2ccccc21. The van der Waals surface area contributed by atoms with Gasteiger partial charge in [-0.2, -0.15) is 0 Å². The predicted molar refractivity (Wildman–Crippen MR) is 128 cm³/mol. The quantitative estimate of drug-likeness (QED) is 0.299. The van der Waals surface area contributed by atoms with Gasteiger partial charge in [-0.1, -0.05) is 78.5 Å². The van der Waals surface area contributed by atoms with E-state index < -0.39 is 0 Å². The van der Waals surface area contributed by atoms with E-state index in [0.717, 1.165) is 38.1 Å². The summed E-state index contributed by atoms with van der Waals surface area (Å²) in [4.78, 5) is 13.2. The molecule has 2 aromatic heterocycles. The smallest absolute Gasteiger partial charge is 0.277 e. The average molecular weight is 436 g/mol. The highest BCUT2D eigenvalue weighted by molar-refractivity contribution is 7.99. The number of hydrogen-bond donors (Lipinski definition) is 0. The summed E-state index contributed by atoms with van der Waals surface area (Å²) >= 11 is 1.25. The lowest BCUT2D eigenvalue weighted by Gasteiger charge is -2.04. The van der Waals surface area contributed by atoms with Crippen LogP contribution in [0, 0.1) is 0 Å². The summed E-state index contributed by atoms with van der Waals surface area (Å²) in [5.74, 6) is 0.614. The van der Waals surface area contributed by atoms with Crippen LogP contribution in [0.3, 0.4) is 0 Å². The van der Waals surface area contributed by atoms with Gasteiger partial charge < -0.3 is 4.42 Å². The molecule has 6 heteroatoms. The molecule has 0 bridgehead atoms. The molecular formula is C26H17N3O2S. The first-order valence-electron chi connectivity index (χ1n) is 10.2. The van der Waals surface area contributed by atoms with Gasteiger partial charge in [0, 0.05) is 16.3 Å². The van der Waals surface area contributed by atoms with Gasteiger partial charge >= 0.3 is 0 Å². The van der Waals surface area contributed by atoms with E-state index in [2.05, 4.69) is 22.3 Å². The van der Waals surface area contributed by atoms with Crippen molar-refractivity contribution in [3.63, 3.8) is 0 Å². The zero-order valence-electron chi connectivity index (χ0n) is 16.9. The number of carbonyl (C=O) groups is 1. The first-order valence-corrected chi connectivity index (χ1v) is 11.2. The molecule has 0 radical (unpaired) electrons. The summed E-state index contributed by atoms with van der Waals surface area (Å²) in [5.41, 5.74) is 2.67. The van der Waals surface area contributed by atoms with Gasteiger partial charge in [0.25, 0.3) is 5.22 Å². The molecule has 32 heavy (non-hydrogen) atoms. The van der Waals surface area contributed by atoms with Crippen molar-refractivity contribution in [1.82, 2.24) is 14.8 Å². The highest BCUT2D eigenvalue weighted by atomic mass is 32.2. The van der Waals surface area contributed by atoms with Crippen LogP contribution in [0.5, 0.6) is 0 Å². The standard InChI is InChI=1S/C26H17N3O2S/c30-24(29-22-11-5-3-9-20(22)21-10-4-6-12-23(21)29)16-32-26-28-27-25(31-26)19-14-13-17-7-1-2-8-18(17)15-19/h1-15H,16H2. The largest absolute Gasteiger partial charge is 0.411 e. The first kappa shape index (κ1) is 18.8. The Hall–Kier alpha value is -3.90. The van der Waals surface area contributed by atoms with E-state index in [4.69, 9.17) is 4.42 Å². The zero-order valence-corrected chi connectivity index (χ0v) is 17.8. The van der Waals surface area contributed by atoms with E-state index in [9.17, 15) is 4.79 Å². The van der Waals surface area contributed by atoms with Gasteiger partial charge in [-0.05, 0) is 35.0 Å². The van der Waals surface area contributed by atoms with Gasteiger partial charge in [0.05, 0.1) is 16.8 Å². The molecule has 0 saturated carbocycles. The molecule has 0 N–H and O–H groups in total. The third-order valence-corrected chi connectivity index (χ3v) is 6.35. The second kappa shape index (κ2) is 7.66. The third-order valence-electron chi connectivity index (χ3n) is 5.55. The van der Waals surface area contributed by atoms with Gasteiger partial charge in [-0.3, -0.25) is 9.36 Å². The van der Waals surface area contributed by atoms with Crippen LogP contribution in [-0.4, -0.2) is 26.4 Å². The number of carbonyl (C=O) groups excluding carboxylic acids is 1. The number of thioether (sulfide) groups is 1. The molecule has 2 heterocycles. The molecule has 0 aliphatic carbocycles. The molecule has 0 aliphatic rings. The lowest BCUT2D eigenvalue weighted by Crippen LogP contribution is -2.12. The molecule has 4 aromatic carbocycles. The number of hydrogen-bond acceptors (Lipinski definition) is 5. The van der Waals surface area contributed by atoms with E-state index in [0.29, 0.717) is 11.1 Å². The fourth-order valence-corrected chi connectivity index (χ4v) is 4.70. The van der Waals surface area contributed by atoms with Gasteiger partial charge in [0.1, 0.15) is 0 Å². The summed E-state index contributed by atoms with van der Waals surface area (Å²) in [6.45, 7) is 0. The Morgan fingerprint density at radius 2 is 1.44 bits per heavy atom. The third kappa shape index (κ3) is 3.16. The maximum Gasteiger partial charge on any atom is 0.277 e. The summed E-state index contributed by atoms with van der Waals surface area (Å²) in [5, 5.41) is 13.1. The van der Waals surface area contributed by atoms with Crippen LogP contribution in [0.1, 0.15) is 4.79 Å². The van der Waals surface area contributed by atoms with Crippen molar-refractivity contribution in [3.8, 4) is 11.5 Å². The van der Waals surface area contributed by atoms with Crippen molar-refractivity contribution in [1.29, 1.82) is 0 Å². The Morgan fingerprint density at radius 1 is 0.781 bits per heavy atom. The van der Waals surface area contributed by atoms with Crippen LogP contribution in [0.4, 0.5) is 0 Å². The van der Waals surface area contributed by atoms with Gasteiger partial charge in [0.15, 0.2) is 0 Å². The van der Waals surface area contributed by atoms with Crippen LogP contribution in [0.25, 0.3) is 44.0 Å². The first-order chi connectivity index (χ1) is 15.8. The second-order valence-electron chi connectivity index (χ2n) is 7.49. The van der Waals surface area contributed by atoms with Crippen molar-refractivity contribution in [2.75, 3.05) is 5.75 Å². The minimum absolute atomic E-state index is 0.0298. The van der Waals surface area contributed by atoms with E-state index >= 15 is 0 Å². The number of benzene rings is 4. The highest BCUT2D eigenvalue weighted by Gasteiger charge is 2.17. The highest BCUT2D eigenvalue weighted by Crippen LogP contribution is 2.30. The van der Waals surface area contributed by atoms with Crippen molar-refractivity contribution in [2.45, 2.75) is 5.22 Å². The maximum atomic E-state index is 13.2. The van der Waals surface area contributed by atoms with Gasteiger partial charge in [-0.15, -0.1) is 10.2 Å². The van der Waals surface area contributed by atoms with Crippen LogP contribution in [0.15, 0.2) is 101 Å². The second-order valence-corrected chi connectivity index (χ2v) is 8.41. The molecular weight excluding hydrogens is 418 g/mol. The molecule has 0 atom stereocenters. The minimum atomic E-state index is -0.0298. The normalized spacial score (nSPS) is 11.5. The fourth-order valence-electron chi connectivity index (χ4n) is 4.09. The number of nitrogens with zero attached hydrogens (tertiary/aromatic N) is 3. The Morgan fingerprint density at radius 3 is 2.19 bits per heavy atom. The van der Waals surface area contributed by atoms with Crippen LogP contribution in [-0.2, 0) is 0 Å². The maximum absolute atomic E-state index is 13.2. The van der Waals surface area contributed by atoms with Crippen molar-refractivity contribution in [2.24, 2.45) is 0 Å². The lowest BCUT2D eigenvalue weighted by atomic mass is 10.1.